The summed E-state index contributed by atoms with van der Waals surface area (Å²) < 4.78 is 5.84. The predicted octanol–water partition coefficient (Wildman–Crippen LogP) is 2.66. The summed E-state index contributed by atoms with van der Waals surface area (Å²) in [4.78, 5) is 33.6. The maximum Gasteiger partial charge on any atom is 0.286 e. The van der Waals surface area contributed by atoms with Gasteiger partial charge in [0.05, 0.1) is 11.8 Å². The molecular formula is C19H22N4O3S. The Bertz CT molecular complexity index is 783. The second-order valence-electron chi connectivity index (χ2n) is 6.42. The number of hydrogen-bond donors (Lipinski definition) is 1. The molecule has 0 radical (unpaired) electrons. The first kappa shape index (κ1) is 19.2. The standard InChI is InChI=1S/C19H22N4O3S/c1-13(2)23(18-20-8-3-9-21-18)10-11-26-15-6-4-14(5-7-15)12-16-17(24)22-19(25)27-16/h3-9,13,16H,10-12H2,1-2H3,(H,22,24,25). The molecule has 2 aromatic rings. The lowest BCUT2D eigenvalue weighted by atomic mass is 10.1. The van der Waals surface area contributed by atoms with Crippen molar-refractivity contribution in [1.82, 2.24) is 15.3 Å². The molecule has 1 aliphatic rings. The van der Waals surface area contributed by atoms with Gasteiger partial charge in [-0.15, -0.1) is 0 Å². The zero-order valence-electron chi connectivity index (χ0n) is 15.3. The molecule has 142 valence electrons. The number of hydrogen-bond acceptors (Lipinski definition) is 7. The fourth-order valence-electron chi connectivity index (χ4n) is 2.75. The average molecular weight is 386 g/mol. The molecule has 7 nitrogen and oxygen atoms in total. The van der Waals surface area contributed by atoms with Crippen LogP contribution >= 0.6 is 11.8 Å². The normalized spacial score (nSPS) is 16.5. The number of imide groups is 1. The van der Waals surface area contributed by atoms with Gasteiger partial charge in [-0.1, -0.05) is 23.9 Å². The van der Waals surface area contributed by atoms with Crippen LogP contribution in [0.25, 0.3) is 0 Å². The van der Waals surface area contributed by atoms with Gasteiger partial charge in [0.1, 0.15) is 12.4 Å². The Kier molecular flexibility index (Phi) is 6.28. The van der Waals surface area contributed by atoms with E-state index >= 15 is 0 Å². The molecule has 1 unspecified atom stereocenters. The van der Waals surface area contributed by atoms with E-state index in [1.807, 2.05) is 24.3 Å². The number of rotatable bonds is 8. The predicted molar refractivity (Wildman–Crippen MR) is 105 cm³/mol. The van der Waals surface area contributed by atoms with Crippen LogP contribution in [-0.4, -0.2) is 45.6 Å². The molecule has 27 heavy (non-hydrogen) atoms. The number of nitrogens with zero attached hydrogens (tertiary/aromatic N) is 3. The van der Waals surface area contributed by atoms with Crippen LogP contribution in [0, 0.1) is 0 Å². The summed E-state index contributed by atoms with van der Waals surface area (Å²) in [7, 11) is 0. The molecule has 1 atom stereocenters. The quantitative estimate of drug-likeness (QED) is 0.746. The van der Waals surface area contributed by atoms with Crippen LogP contribution in [-0.2, 0) is 11.2 Å². The first-order valence-electron chi connectivity index (χ1n) is 8.80. The summed E-state index contributed by atoms with van der Waals surface area (Å²) in [5.74, 6) is 1.23. The maximum atomic E-state index is 11.6. The fraction of sp³-hybridized carbons (Fsp3) is 0.368. The number of carbonyl (C=O) groups excluding carboxylic acids is 2. The van der Waals surface area contributed by atoms with E-state index in [0.29, 0.717) is 25.5 Å². The Hall–Kier alpha value is -2.61. The Labute approximate surface area is 162 Å². The van der Waals surface area contributed by atoms with Crippen LogP contribution in [0.15, 0.2) is 42.7 Å². The zero-order valence-corrected chi connectivity index (χ0v) is 16.1. The second-order valence-corrected chi connectivity index (χ2v) is 7.59. The van der Waals surface area contributed by atoms with Crippen molar-refractivity contribution in [1.29, 1.82) is 0 Å². The third-order valence-corrected chi connectivity index (χ3v) is 5.13. The van der Waals surface area contributed by atoms with Crippen LogP contribution in [0.3, 0.4) is 0 Å². The molecule has 1 saturated heterocycles. The summed E-state index contributed by atoms with van der Waals surface area (Å²) in [5, 5.41) is 1.68. The van der Waals surface area contributed by atoms with E-state index in [1.54, 1.807) is 18.5 Å². The first-order valence-corrected chi connectivity index (χ1v) is 9.68. The molecule has 1 N–H and O–H groups in total. The van der Waals surface area contributed by atoms with Crippen molar-refractivity contribution in [3.63, 3.8) is 0 Å². The lowest BCUT2D eigenvalue weighted by molar-refractivity contribution is -0.118. The van der Waals surface area contributed by atoms with E-state index in [1.165, 1.54) is 0 Å². The van der Waals surface area contributed by atoms with Gasteiger partial charge in [-0.2, -0.15) is 0 Å². The average Bonchev–Trinajstić information content (AvgIpc) is 2.97. The van der Waals surface area contributed by atoms with Crippen molar-refractivity contribution < 1.29 is 14.3 Å². The molecule has 1 aromatic carbocycles. The van der Waals surface area contributed by atoms with Gasteiger partial charge < -0.3 is 9.64 Å². The van der Waals surface area contributed by atoms with Gasteiger partial charge in [0.25, 0.3) is 5.24 Å². The summed E-state index contributed by atoms with van der Waals surface area (Å²) in [5.41, 5.74) is 0.992. The van der Waals surface area contributed by atoms with E-state index < -0.39 is 0 Å². The van der Waals surface area contributed by atoms with Crippen LogP contribution in [0.2, 0.25) is 0 Å². The second kappa shape index (κ2) is 8.85. The zero-order chi connectivity index (χ0) is 19.2. The van der Waals surface area contributed by atoms with Crippen LogP contribution in [0.5, 0.6) is 5.75 Å². The number of nitrogens with one attached hydrogen (secondary N) is 1. The van der Waals surface area contributed by atoms with Crippen LogP contribution in [0.4, 0.5) is 10.7 Å². The number of anilines is 1. The fourth-order valence-corrected chi connectivity index (χ4v) is 3.61. The third-order valence-electron chi connectivity index (χ3n) is 4.14. The number of carbonyl (C=O) groups is 2. The molecule has 3 rings (SSSR count). The molecule has 2 heterocycles. The molecule has 0 bridgehead atoms. The minimum Gasteiger partial charge on any atom is -0.492 e. The van der Waals surface area contributed by atoms with Crippen LogP contribution < -0.4 is 15.0 Å². The van der Waals surface area contributed by atoms with Gasteiger partial charge in [0.2, 0.25) is 11.9 Å². The van der Waals surface area contributed by atoms with E-state index in [2.05, 4.69) is 34.0 Å². The molecule has 8 heteroatoms. The molecule has 0 aliphatic carbocycles. The minimum atomic E-state index is -0.352. The van der Waals surface area contributed by atoms with E-state index in [4.69, 9.17) is 4.74 Å². The number of thioether (sulfide) groups is 1. The van der Waals surface area contributed by atoms with Gasteiger partial charge in [0, 0.05) is 18.4 Å². The summed E-state index contributed by atoms with van der Waals surface area (Å²) in [6.45, 7) is 5.36. The highest BCUT2D eigenvalue weighted by Gasteiger charge is 2.31. The van der Waals surface area contributed by atoms with Gasteiger partial charge in [0.15, 0.2) is 0 Å². The van der Waals surface area contributed by atoms with Gasteiger partial charge in [-0.3, -0.25) is 14.9 Å². The van der Waals surface area contributed by atoms with Gasteiger partial charge in [-0.25, -0.2) is 9.97 Å². The number of aromatic nitrogens is 2. The lowest BCUT2D eigenvalue weighted by Gasteiger charge is -2.26. The van der Waals surface area contributed by atoms with E-state index in [9.17, 15) is 9.59 Å². The highest BCUT2D eigenvalue weighted by atomic mass is 32.2. The summed E-state index contributed by atoms with van der Waals surface area (Å²) >= 11 is 1.04. The molecule has 1 aromatic heterocycles. The molecule has 2 amide bonds. The van der Waals surface area contributed by atoms with Crippen molar-refractivity contribution in [2.75, 3.05) is 18.1 Å². The molecule has 1 aliphatic heterocycles. The summed E-state index contributed by atoms with van der Waals surface area (Å²) in [6, 6.07) is 9.67. The SMILES string of the molecule is CC(C)N(CCOc1ccc(CC2SC(=O)NC2=O)cc1)c1ncccn1. The largest absolute Gasteiger partial charge is 0.492 e. The topological polar surface area (TPSA) is 84.4 Å². The Morgan fingerprint density at radius 3 is 2.48 bits per heavy atom. The van der Waals surface area contributed by atoms with E-state index in [0.717, 1.165) is 23.1 Å². The maximum absolute atomic E-state index is 11.6. The van der Waals surface area contributed by atoms with Crippen molar-refractivity contribution in [3.8, 4) is 5.75 Å². The highest BCUT2D eigenvalue weighted by Crippen LogP contribution is 2.24. The lowest BCUT2D eigenvalue weighted by Crippen LogP contribution is -2.35. The van der Waals surface area contributed by atoms with Crippen molar-refractivity contribution in [2.45, 2.75) is 31.6 Å². The summed E-state index contributed by atoms with van der Waals surface area (Å²) in [6.07, 6.45) is 3.98. The third kappa shape index (κ3) is 5.19. The smallest absolute Gasteiger partial charge is 0.286 e. The number of amides is 2. The molecule has 1 fully saturated rings. The van der Waals surface area contributed by atoms with Gasteiger partial charge >= 0.3 is 0 Å². The monoisotopic (exact) mass is 386 g/mol. The molecule has 0 spiro atoms. The van der Waals surface area contributed by atoms with Gasteiger partial charge in [-0.05, 0) is 44.0 Å². The number of benzene rings is 1. The van der Waals surface area contributed by atoms with E-state index in [-0.39, 0.29) is 22.4 Å². The first-order chi connectivity index (χ1) is 13.0. The van der Waals surface area contributed by atoms with Crippen molar-refractivity contribution in [3.05, 3.63) is 48.3 Å². The molecular weight excluding hydrogens is 364 g/mol. The molecule has 0 saturated carbocycles. The van der Waals surface area contributed by atoms with Crippen LogP contribution in [0.1, 0.15) is 19.4 Å². The Morgan fingerprint density at radius 2 is 1.89 bits per heavy atom. The Morgan fingerprint density at radius 1 is 1.19 bits per heavy atom. The number of ether oxygens (including phenoxy) is 1. The van der Waals surface area contributed by atoms with Crippen molar-refractivity contribution in [2.24, 2.45) is 0 Å². The highest BCUT2D eigenvalue weighted by molar-refractivity contribution is 8.15. The minimum absolute atomic E-state index is 0.220. The Balaban J connectivity index is 1.51. The van der Waals surface area contributed by atoms with Crippen molar-refractivity contribution >= 4 is 28.9 Å².